The third-order valence-electron chi connectivity index (χ3n) is 6.78. The Labute approximate surface area is 209 Å². The van der Waals surface area contributed by atoms with Gasteiger partial charge in [0.15, 0.2) is 5.58 Å². The van der Waals surface area contributed by atoms with E-state index < -0.39 is 0 Å². The molecule has 4 aromatic rings. The molecule has 1 saturated heterocycles. The van der Waals surface area contributed by atoms with E-state index in [1.807, 2.05) is 72.8 Å². The first-order chi connectivity index (χ1) is 17.6. The van der Waals surface area contributed by atoms with E-state index in [1.54, 1.807) is 4.90 Å². The minimum Gasteiger partial charge on any atom is -0.445 e. The van der Waals surface area contributed by atoms with E-state index in [0.29, 0.717) is 29.6 Å². The van der Waals surface area contributed by atoms with E-state index >= 15 is 0 Å². The molecule has 0 bridgehead atoms. The first-order valence-electron chi connectivity index (χ1n) is 12.4. The molecule has 7 heteroatoms. The van der Waals surface area contributed by atoms with Gasteiger partial charge < -0.3 is 14.5 Å². The maximum absolute atomic E-state index is 12.8. The topological polar surface area (TPSA) is 84.7 Å². The lowest BCUT2D eigenvalue weighted by Crippen LogP contribution is -2.31. The number of amides is 2. The Morgan fingerprint density at radius 2 is 1.75 bits per heavy atom. The van der Waals surface area contributed by atoms with E-state index in [4.69, 9.17) is 9.15 Å². The summed E-state index contributed by atoms with van der Waals surface area (Å²) in [5.74, 6) is 0.506. The number of oxazole rings is 1. The average molecular weight is 482 g/mol. The molecule has 1 N–H and O–H groups in total. The molecule has 2 heterocycles. The molecule has 1 atom stereocenters. The molecule has 182 valence electrons. The van der Waals surface area contributed by atoms with Gasteiger partial charge in [0.1, 0.15) is 18.2 Å². The summed E-state index contributed by atoms with van der Waals surface area (Å²) in [7, 11) is 0. The maximum Gasteiger partial charge on any atom is 0.410 e. The lowest BCUT2D eigenvalue weighted by Gasteiger charge is -2.21. The van der Waals surface area contributed by atoms with E-state index in [-0.39, 0.29) is 24.6 Å². The Balaban J connectivity index is 1.17. The summed E-state index contributed by atoms with van der Waals surface area (Å²) >= 11 is 0. The van der Waals surface area contributed by atoms with Gasteiger partial charge in [0.2, 0.25) is 5.89 Å². The van der Waals surface area contributed by atoms with Crippen LogP contribution in [0.25, 0.3) is 22.2 Å². The van der Waals surface area contributed by atoms with E-state index in [9.17, 15) is 9.59 Å². The highest BCUT2D eigenvalue weighted by atomic mass is 16.6. The van der Waals surface area contributed by atoms with Crippen LogP contribution in [-0.4, -0.2) is 34.5 Å². The van der Waals surface area contributed by atoms with Crippen molar-refractivity contribution in [3.63, 3.8) is 0 Å². The maximum atomic E-state index is 12.8. The van der Waals surface area contributed by atoms with Crippen molar-refractivity contribution in [2.45, 2.75) is 44.4 Å². The second-order valence-electron chi connectivity index (χ2n) is 9.45. The quantitative estimate of drug-likeness (QED) is 0.373. The number of ether oxygens (including phenoxy) is 1. The van der Waals surface area contributed by atoms with Crippen molar-refractivity contribution < 1.29 is 18.7 Å². The monoisotopic (exact) mass is 481 g/mol. The molecule has 2 aliphatic rings. The summed E-state index contributed by atoms with van der Waals surface area (Å²) in [6.45, 7) is 0.851. The third-order valence-corrected chi connectivity index (χ3v) is 6.78. The van der Waals surface area contributed by atoms with Crippen molar-refractivity contribution in [2.24, 2.45) is 0 Å². The molecular weight excluding hydrogens is 454 g/mol. The fourth-order valence-electron chi connectivity index (χ4n) is 4.62. The smallest absolute Gasteiger partial charge is 0.410 e. The number of carbonyl (C=O) groups is 2. The minimum absolute atomic E-state index is 0.0252. The van der Waals surface area contributed by atoms with Gasteiger partial charge in [-0.3, -0.25) is 9.69 Å². The van der Waals surface area contributed by atoms with Crippen LogP contribution in [0.3, 0.4) is 0 Å². The normalized spacial score (nSPS) is 17.3. The van der Waals surface area contributed by atoms with Crippen LogP contribution in [0.4, 0.5) is 4.79 Å². The zero-order valence-electron chi connectivity index (χ0n) is 19.9. The molecule has 2 fully saturated rings. The van der Waals surface area contributed by atoms with E-state index in [0.717, 1.165) is 47.9 Å². The highest BCUT2D eigenvalue weighted by molar-refractivity contribution is 5.95. The third kappa shape index (κ3) is 4.69. The standard InChI is InChI=1S/C29H27N3O4/c33-27(30-23-13-14-23)21-10-8-20(9-11-21)22-12-15-24-26(17-22)36-28(31-24)25-7-4-16-32(25)29(34)35-18-19-5-2-1-3-6-19/h1-3,5-6,8-12,15,17,23,25H,4,7,13-14,16,18H2,(H,30,33)/t25-/m0/s1. The number of rotatable bonds is 6. The number of carbonyl (C=O) groups excluding carboxylic acids is 2. The van der Waals surface area contributed by atoms with Gasteiger partial charge in [-0.15, -0.1) is 0 Å². The predicted octanol–water partition coefficient (Wildman–Crippen LogP) is 5.86. The van der Waals surface area contributed by atoms with Crippen molar-refractivity contribution in [1.82, 2.24) is 15.2 Å². The summed E-state index contributed by atoms with van der Waals surface area (Å²) in [4.78, 5) is 31.5. The molecule has 1 aliphatic carbocycles. The number of hydrogen-bond donors (Lipinski definition) is 1. The fourth-order valence-corrected chi connectivity index (χ4v) is 4.62. The van der Waals surface area contributed by atoms with Crippen LogP contribution >= 0.6 is 0 Å². The summed E-state index contributed by atoms with van der Waals surface area (Å²) in [6, 6.07) is 23.2. The molecule has 1 saturated carbocycles. The molecule has 36 heavy (non-hydrogen) atoms. The van der Waals surface area contributed by atoms with Crippen molar-refractivity contribution in [1.29, 1.82) is 0 Å². The summed E-state index contributed by atoms with van der Waals surface area (Å²) in [5.41, 5.74) is 5.00. The lowest BCUT2D eigenvalue weighted by atomic mass is 10.0. The van der Waals surface area contributed by atoms with Crippen LogP contribution in [0.2, 0.25) is 0 Å². The lowest BCUT2D eigenvalue weighted by molar-refractivity contribution is 0.0880. The largest absolute Gasteiger partial charge is 0.445 e. The van der Waals surface area contributed by atoms with E-state index in [2.05, 4.69) is 10.3 Å². The van der Waals surface area contributed by atoms with Gasteiger partial charge in [-0.25, -0.2) is 9.78 Å². The van der Waals surface area contributed by atoms with Crippen LogP contribution in [0.15, 0.2) is 77.2 Å². The van der Waals surface area contributed by atoms with Crippen molar-refractivity contribution in [2.75, 3.05) is 6.54 Å². The van der Waals surface area contributed by atoms with Crippen molar-refractivity contribution in [3.8, 4) is 11.1 Å². The molecule has 7 nitrogen and oxygen atoms in total. The van der Waals surface area contributed by atoms with Crippen molar-refractivity contribution >= 4 is 23.1 Å². The molecule has 0 radical (unpaired) electrons. The van der Waals surface area contributed by atoms with Crippen LogP contribution in [0, 0.1) is 0 Å². The fraction of sp³-hybridized carbons (Fsp3) is 0.276. The number of likely N-dealkylation sites (tertiary alicyclic amines) is 1. The SMILES string of the molecule is O=C(NC1CC1)c1ccc(-c2ccc3nc([C@@H]4CCCN4C(=O)OCc4ccccc4)oc3c2)cc1. The predicted molar refractivity (Wildman–Crippen MR) is 135 cm³/mol. The summed E-state index contributed by atoms with van der Waals surface area (Å²) < 4.78 is 11.7. The molecule has 6 rings (SSSR count). The second-order valence-corrected chi connectivity index (χ2v) is 9.45. The molecule has 1 aliphatic heterocycles. The van der Waals surface area contributed by atoms with Crippen LogP contribution in [0.1, 0.15) is 53.5 Å². The number of hydrogen-bond acceptors (Lipinski definition) is 5. The summed E-state index contributed by atoms with van der Waals surface area (Å²) in [6.07, 6.45) is 3.43. The highest BCUT2D eigenvalue weighted by Gasteiger charge is 2.34. The number of aromatic nitrogens is 1. The number of nitrogens with one attached hydrogen (secondary N) is 1. The van der Waals surface area contributed by atoms with Crippen LogP contribution in [0.5, 0.6) is 0 Å². The molecular formula is C29H27N3O4. The van der Waals surface area contributed by atoms with Gasteiger partial charge >= 0.3 is 6.09 Å². The van der Waals surface area contributed by atoms with Gasteiger partial charge in [0.05, 0.1) is 0 Å². The number of benzene rings is 3. The van der Waals surface area contributed by atoms with Gasteiger partial charge in [0, 0.05) is 18.2 Å². The van der Waals surface area contributed by atoms with Gasteiger partial charge in [0.25, 0.3) is 5.91 Å². The second kappa shape index (κ2) is 9.49. The van der Waals surface area contributed by atoms with Gasteiger partial charge in [-0.05, 0) is 66.6 Å². The Morgan fingerprint density at radius 1 is 0.972 bits per heavy atom. The molecule has 2 amide bonds. The van der Waals surface area contributed by atoms with Crippen LogP contribution < -0.4 is 5.32 Å². The minimum atomic E-state index is -0.352. The Morgan fingerprint density at radius 3 is 2.53 bits per heavy atom. The molecule has 0 unspecified atom stereocenters. The Bertz CT molecular complexity index is 1390. The number of nitrogens with zero attached hydrogens (tertiary/aromatic N) is 2. The summed E-state index contributed by atoms with van der Waals surface area (Å²) in [5, 5.41) is 3.01. The average Bonchev–Trinajstić information content (AvgIpc) is 3.41. The van der Waals surface area contributed by atoms with Gasteiger partial charge in [-0.1, -0.05) is 48.5 Å². The zero-order valence-corrected chi connectivity index (χ0v) is 19.9. The van der Waals surface area contributed by atoms with Crippen molar-refractivity contribution in [3.05, 3.63) is 89.8 Å². The van der Waals surface area contributed by atoms with Crippen LogP contribution in [-0.2, 0) is 11.3 Å². The molecule has 0 spiro atoms. The number of fused-ring (bicyclic) bond motifs is 1. The first-order valence-corrected chi connectivity index (χ1v) is 12.4. The zero-order chi connectivity index (χ0) is 24.5. The first kappa shape index (κ1) is 22.3. The highest BCUT2D eigenvalue weighted by Crippen LogP contribution is 2.35. The molecule has 3 aromatic carbocycles. The Kier molecular flexibility index (Phi) is 5.89. The van der Waals surface area contributed by atoms with E-state index in [1.165, 1.54) is 0 Å². The molecule has 1 aromatic heterocycles. The Hall–Kier alpha value is -4.13. The van der Waals surface area contributed by atoms with Gasteiger partial charge in [-0.2, -0.15) is 0 Å².